The van der Waals surface area contributed by atoms with E-state index < -0.39 is 0 Å². The van der Waals surface area contributed by atoms with Gasteiger partial charge in [0.05, 0.1) is 5.92 Å². The lowest BCUT2D eigenvalue weighted by atomic mass is 9.74. The van der Waals surface area contributed by atoms with Gasteiger partial charge in [-0.3, -0.25) is 4.79 Å². The number of halogens is 1. The van der Waals surface area contributed by atoms with Gasteiger partial charge in [-0.2, -0.15) is 0 Å². The molecule has 2 fully saturated rings. The third-order valence-electron chi connectivity index (χ3n) is 4.66. The van der Waals surface area contributed by atoms with Crippen LogP contribution >= 0.6 is 15.9 Å². The molecule has 5 heteroatoms. The van der Waals surface area contributed by atoms with Crippen LogP contribution in [0.1, 0.15) is 18.4 Å². The highest BCUT2D eigenvalue weighted by atomic mass is 79.9. The van der Waals surface area contributed by atoms with Crippen molar-refractivity contribution in [1.82, 2.24) is 10.6 Å². The zero-order chi connectivity index (χ0) is 14.7. The van der Waals surface area contributed by atoms with E-state index >= 15 is 0 Å². The van der Waals surface area contributed by atoms with Crippen LogP contribution in [0.4, 0.5) is 0 Å². The summed E-state index contributed by atoms with van der Waals surface area (Å²) in [4.78, 5) is 12.1. The van der Waals surface area contributed by atoms with Crippen molar-refractivity contribution in [3.63, 3.8) is 0 Å². The Labute approximate surface area is 133 Å². The van der Waals surface area contributed by atoms with Crippen LogP contribution in [0.3, 0.4) is 0 Å². The number of benzene rings is 1. The second-order valence-corrected chi connectivity index (χ2v) is 6.89. The maximum atomic E-state index is 12.1. The van der Waals surface area contributed by atoms with E-state index in [0.29, 0.717) is 6.54 Å². The van der Waals surface area contributed by atoms with E-state index in [2.05, 4.69) is 50.8 Å². The molecular formula is C16H21BrN2O2. The fourth-order valence-corrected chi connectivity index (χ4v) is 3.27. The SMILES string of the molecule is O=C(NCC1(c2ccc(Br)cc2)CCOCC1)C1CNC1. The Morgan fingerprint density at radius 1 is 1.29 bits per heavy atom. The monoisotopic (exact) mass is 352 g/mol. The Kier molecular flexibility index (Phi) is 4.62. The van der Waals surface area contributed by atoms with Crippen LogP contribution in [-0.2, 0) is 14.9 Å². The first-order chi connectivity index (χ1) is 10.2. The molecule has 0 radical (unpaired) electrons. The number of carbonyl (C=O) groups is 1. The molecule has 0 aliphatic carbocycles. The molecule has 2 N–H and O–H groups in total. The van der Waals surface area contributed by atoms with Crippen LogP contribution in [0.15, 0.2) is 28.7 Å². The number of hydrogen-bond acceptors (Lipinski definition) is 3. The summed E-state index contributed by atoms with van der Waals surface area (Å²) in [5.41, 5.74) is 1.30. The average Bonchev–Trinajstić information content (AvgIpc) is 2.45. The number of nitrogens with one attached hydrogen (secondary N) is 2. The topological polar surface area (TPSA) is 50.4 Å². The first-order valence-electron chi connectivity index (χ1n) is 7.52. The van der Waals surface area contributed by atoms with E-state index in [1.165, 1.54) is 5.56 Å². The minimum absolute atomic E-state index is 0.00574. The molecular weight excluding hydrogens is 332 g/mol. The maximum absolute atomic E-state index is 12.1. The molecule has 2 aliphatic rings. The molecule has 1 aromatic rings. The molecule has 114 valence electrons. The molecule has 0 bridgehead atoms. The van der Waals surface area contributed by atoms with Crippen molar-refractivity contribution in [2.75, 3.05) is 32.8 Å². The maximum Gasteiger partial charge on any atom is 0.225 e. The molecule has 4 nitrogen and oxygen atoms in total. The summed E-state index contributed by atoms with van der Waals surface area (Å²) in [5.74, 6) is 0.323. The van der Waals surface area contributed by atoms with Gasteiger partial charge in [0.2, 0.25) is 5.91 Å². The Morgan fingerprint density at radius 2 is 1.95 bits per heavy atom. The zero-order valence-electron chi connectivity index (χ0n) is 12.0. The zero-order valence-corrected chi connectivity index (χ0v) is 13.6. The predicted molar refractivity (Wildman–Crippen MR) is 85.2 cm³/mol. The summed E-state index contributed by atoms with van der Waals surface area (Å²) in [6.45, 7) is 3.83. The van der Waals surface area contributed by atoms with Crippen molar-refractivity contribution in [2.45, 2.75) is 18.3 Å². The quantitative estimate of drug-likeness (QED) is 0.869. The predicted octanol–water partition coefficient (Wildman–Crippen LogP) is 1.83. The Bertz CT molecular complexity index is 494. The molecule has 3 rings (SSSR count). The lowest BCUT2D eigenvalue weighted by molar-refractivity contribution is -0.126. The molecule has 0 unspecified atom stereocenters. The van der Waals surface area contributed by atoms with Gasteiger partial charge >= 0.3 is 0 Å². The Morgan fingerprint density at radius 3 is 2.52 bits per heavy atom. The molecule has 1 amide bonds. The molecule has 2 heterocycles. The third-order valence-corrected chi connectivity index (χ3v) is 5.19. The van der Waals surface area contributed by atoms with Crippen LogP contribution in [0, 0.1) is 5.92 Å². The van der Waals surface area contributed by atoms with E-state index in [0.717, 1.165) is 43.6 Å². The first kappa shape index (κ1) is 15.0. The highest BCUT2D eigenvalue weighted by Crippen LogP contribution is 2.35. The van der Waals surface area contributed by atoms with Crippen molar-refractivity contribution in [2.24, 2.45) is 5.92 Å². The molecule has 2 saturated heterocycles. The second kappa shape index (κ2) is 6.46. The number of hydrogen-bond donors (Lipinski definition) is 2. The summed E-state index contributed by atoms with van der Waals surface area (Å²) in [6.07, 6.45) is 1.91. The minimum Gasteiger partial charge on any atom is -0.381 e. The van der Waals surface area contributed by atoms with Gasteiger partial charge in [0.1, 0.15) is 0 Å². The van der Waals surface area contributed by atoms with E-state index in [9.17, 15) is 4.79 Å². The van der Waals surface area contributed by atoms with Crippen molar-refractivity contribution < 1.29 is 9.53 Å². The Balaban J connectivity index is 1.73. The molecule has 2 aliphatic heterocycles. The van der Waals surface area contributed by atoms with Gasteiger partial charge in [-0.05, 0) is 30.5 Å². The summed E-state index contributed by atoms with van der Waals surface area (Å²) in [7, 11) is 0. The molecule has 1 aromatic carbocycles. The van der Waals surface area contributed by atoms with Gasteiger partial charge in [-0.15, -0.1) is 0 Å². The van der Waals surface area contributed by atoms with E-state index in [-0.39, 0.29) is 17.2 Å². The van der Waals surface area contributed by atoms with E-state index in [1.807, 2.05) is 0 Å². The fourth-order valence-electron chi connectivity index (χ4n) is 3.01. The van der Waals surface area contributed by atoms with Crippen molar-refractivity contribution >= 4 is 21.8 Å². The molecule has 21 heavy (non-hydrogen) atoms. The second-order valence-electron chi connectivity index (χ2n) is 5.97. The average molecular weight is 353 g/mol. The van der Waals surface area contributed by atoms with Gasteiger partial charge in [0.15, 0.2) is 0 Å². The van der Waals surface area contributed by atoms with Crippen molar-refractivity contribution in [1.29, 1.82) is 0 Å². The smallest absolute Gasteiger partial charge is 0.225 e. The van der Waals surface area contributed by atoms with E-state index in [1.54, 1.807) is 0 Å². The number of amides is 1. The summed E-state index contributed by atoms with van der Waals surface area (Å²) in [5, 5.41) is 6.30. The molecule has 0 saturated carbocycles. The van der Waals surface area contributed by atoms with Gasteiger partial charge in [-0.1, -0.05) is 28.1 Å². The summed E-state index contributed by atoms with van der Waals surface area (Å²) >= 11 is 3.48. The largest absolute Gasteiger partial charge is 0.381 e. The van der Waals surface area contributed by atoms with Crippen molar-refractivity contribution in [3.8, 4) is 0 Å². The summed E-state index contributed by atoms with van der Waals surface area (Å²) in [6, 6.07) is 8.47. The fraction of sp³-hybridized carbons (Fsp3) is 0.562. The van der Waals surface area contributed by atoms with Crippen molar-refractivity contribution in [3.05, 3.63) is 34.3 Å². The lowest BCUT2D eigenvalue weighted by Crippen LogP contribution is -2.53. The number of carbonyl (C=O) groups excluding carboxylic acids is 1. The molecule has 0 aromatic heterocycles. The van der Waals surface area contributed by atoms with Gasteiger partial charge in [0.25, 0.3) is 0 Å². The standard InChI is InChI=1S/C16H21BrN2O2/c17-14-3-1-13(2-4-14)16(5-7-21-8-6-16)11-19-15(20)12-9-18-10-12/h1-4,12,18H,5-11H2,(H,19,20). The van der Waals surface area contributed by atoms with Crippen LogP contribution in [0.2, 0.25) is 0 Å². The van der Waals surface area contributed by atoms with Crippen LogP contribution in [0.5, 0.6) is 0 Å². The first-order valence-corrected chi connectivity index (χ1v) is 8.31. The minimum atomic E-state index is 0.00574. The normalized spacial score (nSPS) is 21.6. The number of rotatable bonds is 4. The van der Waals surface area contributed by atoms with E-state index in [4.69, 9.17) is 4.74 Å². The van der Waals surface area contributed by atoms with Crippen LogP contribution < -0.4 is 10.6 Å². The van der Waals surface area contributed by atoms with Crippen LogP contribution in [0.25, 0.3) is 0 Å². The van der Waals surface area contributed by atoms with Crippen LogP contribution in [-0.4, -0.2) is 38.8 Å². The lowest BCUT2D eigenvalue weighted by Gasteiger charge is -2.38. The van der Waals surface area contributed by atoms with Gasteiger partial charge < -0.3 is 15.4 Å². The highest BCUT2D eigenvalue weighted by Gasteiger charge is 2.36. The highest BCUT2D eigenvalue weighted by molar-refractivity contribution is 9.10. The Hall–Kier alpha value is -0.910. The summed E-state index contributed by atoms with van der Waals surface area (Å²) < 4.78 is 6.61. The molecule has 0 atom stereocenters. The van der Waals surface area contributed by atoms with Gasteiger partial charge in [-0.25, -0.2) is 0 Å². The third kappa shape index (κ3) is 3.30. The molecule has 0 spiro atoms. The number of ether oxygens (including phenoxy) is 1. The van der Waals surface area contributed by atoms with Gasteiger partial charge in [0, 0.05) is 42.7 Å².